The molecule has 0 amide bonds. The van der Waals surface area contributed by atoms with Crippen molar-refractivity contribution in [2.24, 2.45) is 4.02 Å². The second-order valence-corrected chi connectivity index (χ2v) is 1.33. The molecule has 0 rings (SSSR count). The van der Waals surface area contributed by atoms with Gasteiger partial charge in [0.2, 0.25) is 0 Å². The molecule has 0 spiro atoms. The fraction of sp³-hybridized carbons (Fsp3) is 0.333. The van der Waals surface area contributed by atoms with E-state index in [0.29, 0.717) is 0 Å². The second-order valence-electron chi connectivity index (χ2n) is 0.975. The zero-order valence-electron chi connectivity index (χ0n) is 3.68. The van der Waals surface area contributed by atoms with E-state index in [9.17, 15) is 4.79 Å². The average Bonchev–Trinajstić information content (AvgIpc) is 1.65. The molecule has 0 aromatic rings. The fourth-order valence-corrected chi connectivity index (χ4v) is 0.188. The van der Waals surface area contributed by atoms with E-state index in [1.165, 1.54) is 6.92 Å². The number of hydrogen-bond donors (Lipinski definition) is 1. The Morgan fingerprint density at radius 2 is 2.29 bits per heavy atom. The van der Waals surface area contributed by atoms with E-state index in [2.05, 4.69) is 20.2 Å². The molecule has 0 aromatic carbocycles. The van der Waals surface area contributed by atoms with Gasteiger partial charge in [-0.1, -0.05) is 0 Å². The van der Waals surface area contributed by atoms with Crippen LogP contribution in [0.25, 0.3) is 0 Å². The van der Waals surface area contributed by atoms with Crippen LogP contribution in [0, 0.1) is 0 Å². The van der Waals surface area contributed by atoms with Crippen molar-refractivity contribution in [2.75, 3.05) is 0 Å². The first-order chi connectivity index (χ1) is 3.18. The SMILES string of the molecule is CC(=NBr)C(=O)O. The molecule has 3 nitrogen and oxygen atoms in total. The molecule has 0 heterocycles. The van der Waals surface area contributed by atoms with E-state index in [-0.39, 0.29) is 5.71 Å². The normalized spacial score (nSPS) is 11.4. The van der Waals surface area contributed by atoms with Crippen molar-refractivity contribution in [1.82, 2.24) is 0 Å². The first-order valence-corrected chi connectivity index (χ1v) is 2.28. The van der Waals surface area contributed by atoms with Crippen LogP contribution in [0.4, 0.5) is 0 Å². The molecule has 0 saturated carbocycles. The lowest BCUT2D eigenvalue weighted by Gasteiger charge is -1.81. The summed E-state index contributed by atoms with van der Waals surface area (Å²) in [7, 11) is 0. The summed E-state index contributed by atoms with van der Waals surface area (Å²) in [6, 6.07) is 0. The summed E-state index contributed by atoms with van der Waals surface area (Å²) in [5.74, 6) is -1.00. The third-order valence-electron chi connectivity index (χ3n) is 0.436. The Morgan fingerprint density at radius 1 is 1.86 bits per heavy atom. The van der Waals surface area contributed by atoms with Gasteiger partial charge in [0.1, 0.15) is 5.71 Å². The van der Waals surface area contributed by atoms with Crippen molar-refractivity contribution < 1.29 is 9.90 Å². The second kappa shape index (κ2) is 2.74. The largest absolute Gasteiger partial charge is 0.477 e. The fourth-order valence-electron chi connectivity index (χ4n) is 0.0361. The van der Waals surface area contributed by atoms with Crippen LogP contribution in [-0.2, 0) is 4.79 Å². The highest BCUT2D eigenvalue weighted by Gasteiger charge is 1.97. The Hall–Kier alpha value is -0.380. The molecule has 1 N–H and O–H groups in total. The van der Waals surface area contributed by atoms with Crippen molar-refractivity contribution in [3.8, 4) is 0 Å². The highest BCUT2D eigenvalue weighted by Crippen LogP contribution is 1.83. The number of carboxylic acid groups (broad SMARTS) is 1. The molecular weight excluding hydrogens is 162 g/mol. The van der Waals surface area contributed by atoms with Gasteiger partial charge in [-0.2, -0.15) is 0 Å². The zero-order chi connectivity index (χ0) is 5.86. The highest BCUT2D eigenvalue weighted by molar-refractivity contribution is 9.08. The van der Waals surface area contributed by atoms with Crippen LogP contribution < -0.4 is 0 Å². The van der Waals surface area contributed by atoms with Gasteiger partial charge < -0.3 is 5.11 Å². The lowest BCUT2D eigenvalue weighted by molar-refractivity contribution is -0.129. The van der Waals surface area contributed by atoms with Gasteiger partial charge >= 0.3 is 5.97 Å². The number of halogens is 1. The Morgan fingerprint density at radius 3 is 2.29 bits per heavy atom. The standard InChI is InChI=1S/C3H4BrNO2/c1-2(5-4)3(6)7/h1H3,(H,6,7). The molecule has 0 unspecified atom stereocenters. The number of carboxylic acids is 1. The van der Waals surface area contributed by atoms with Gasteiger partial charge in [-0.3, -0.25) is 0 Å². The van der Waals surface area contributed by atoms with Gasteiger partial charge in [0.25, 0.3) is 0 Å². The van der Waals surface area contributed by atoms with Gasteiger partial charge in [-0.25, -0.2) is 8.81 Å². The van der Waals surface area contributed by atoms with Crippen molar-refractivity contribution >= 4 is 27.8 Å². The predicted octanol–water partition coefficient (Wildman–Crippen LogP) is 0.842. The van der Waals surface area contributed by atoms with Crippen molar-refractivity contribution in [3.05, 3.63) is 0 Å². The number of aliphatic carboxylic acids is 1. The molecular formula is C3H4BrNO2. The number of carbonyl (C=O) groups is 1. The van der Waals surface area contributed by atoms with Crippen LogP contribution in [0.5, 0.6) is 0 Å². The summed E-state index contributed by atoms with van der Waals surface area (Å²) in [6.07, 6.45) is 0. The van der Waals surface area contributed by atoms with Crippen molar-refractivity contribution in [2.45, 2.75) is 6.92 Å². The Balaban J connectivity index is 3.82. The Bertz CT molecular complexity index is 110. The molecule has 4 heteroatoms. The molecule has 0 saturated heterocycles. The molecule has 0 bridgehead atoms. The minimum Gasteiger partial charge on any atom is -0.477 e. The maximum absolute atomic E-state index is 9.77. The van der Waals surface area contributed by atoms with Crippen LogP contribution in [0.3, 0.4) is 0 Å². The molecule has 0 aliphatic rings. The minimum atomic E-state index is -1.00. The van der Waals surface area contributed by atoms with Crippen LogP contribution in [0.2, 0.25) is 0 Å². The maximum Gasteiger partial charge on any atom is 0.350 e. The molecule has 0 aliphatic heterocycles. The lowest BCUT2D eigenvalue weighted by atomic mass is 10.5. The first-order valence-electron chi connectivity index (χ1n) is 1.57. The summed E-state index contributed by atoms with van der Waals surface area (Å²) in [6.45, 7) is 1.40. The summed E-state index contributed by atoms with van der Waals surface area (Å²) in [4.78, 5) is 9.77. The van der Waals surface area contributed by atoms with E-state index in [4.69, 9.17) is 5.11 Å². The molecule has 0 radical (unpaired) electrons. The van der Waals surface area contributed by atoms with E-state index in [1.807, 2.05) is 0 Å². The lowest BCUT2D eigenvalue weighted by Crippen LogP contribution is -2.05. The third-order valence-corrected chi connectivity index (χ3v) is 0.968. The third kappa shape index (κ3) is 2.33. The van der Waals surface area contributed by atoms with Gasteiger partial charge in [0.15, 0.2) is 0 Å². The van der Waals surface area contributed by atoms with Crippen LogP contribution >= 0.6 is 16.1 Å². The van der Waals surface area contributed by atoms with Gasteiger partial charge in [0.05, 0.1) is 16.1 Å². The van der Waals surface area contributed by atoms with Gasteiger partial charge in [-0.05, 0) is 6.92 Å². The molecule has 40 valence electrons. The Kier molecular flexibility index (Phi) is 2.59. The summed E-state index contributed by atoms with van der Waals surface area (Å²) in [5.41, 5.74) is 0.0556. The maximum atomic E-state index is 9.77. The molecule has 7 heavy (non-hydrogen) atoms. The van der Waals surface area contributed by atoms with Gasteiger partial charge in [-0.15, -0.1) is 0 Å². The minimum absolute atomic E-state index is 0.0556. The van der Waals surface area contributed by atoms with E-state index in [1.54, 1.807) is 0 Å². The van der Waals surface area contributed by atoms with Crippen LogP contribution in [-0.4, -0.2) is 16.8 Å². The summed E-state index contributed by atoms with van der Waals surface area (Å²) >= 11 is 2.62. The summed E-state index contributed by atoms with van der Waals surface area (Å²) < 4.78 is 3.22. The quantitative estimate of drug-likeness (QED) is 0.586. The molecule has 0 aromatic heterocycles. The molecule has 0 atom stereocenters. The Labute approximate surface area is 49.4 Å². The summed E-state index contributed by atoms with van der Waals surface area (Å²) in [5, 5.41) is 8.02. The number of nitrogens with zero attached hydrogens (tertiary/aromatic N) is 1. The monoisotopic (exact) mass is 165 g/mol. The highest BCUT2D eigenvalue weighted by atomic mass is 79.9. The molecule has 0 fully saturated rings. The van der Waals surface area contributed by atoms with Crippen molar-refractivity contribution in [1.29, 1.82) is 0 Å². The number of rotatable bonds is 1. The predicted molar refractivity (Wildman–Crippen MR) is 29.7 cm³/mol. The van der Waals surface area contributed by atoms with Crippen LogP contribution in [0.1, 0.15) is 6.92 Å². The smallest absolute Gasteiger partial charge is 0.350 e. The van der Waals surface area contributed by atoms with E-state index >= 15 is 0 Å². The van der Waals surface area contributed by atoms with Crippen LogP contribution in [0.15, 0.2) is 4.02 Å². The zero-order valence-corrected chi connectivity index (χ0v) is 5.27. The first kappa shape index (κ1) is 6.62. The van der Waals surface area contributed by atoms with Crippen molar-refractivity contribution in [3.63, 3.8) is 0 Å². The number of hydrogen-bond acceptors (Lipinski definition) is 2. The topological polar surface area (TPSA) is 49.7 Å². The van der Waals surface area contributed by atoms with Gasteiger partial charge in [0, 0.05) is 0 Å². The average molecular weight is 166 g/mol. The van der Waals surface area contributed by atoms with E-state index < -0.39 is 5.97 Å². The molecule has 0 aliphatic carbocycles. The van der Waals surface area contributed by atoms with E-state index in [0.717, 1.165) is 0 Å².